The van der Waals surface area contributed by atoms with Crippen LogP contribution in [-0.2, 0) is 0 Å². The lowest BCUT2D eigenvalue weighted by Gasteiger charge is -1.97. The molecule has 5 nitrogen and oxygen atoms in total. The molecule has 1 saturated carbocycles. The number of rotatable bonds is 2. The summed E-state index contributed by atoms with van der Waals surface area (Å²) in [4.78, 5) is 11.3. The lowest BCUT2D eigenvalue weighted by molar-refractivity contribution is 0.0697. The standard InChI is InChI=1S/C11H11N3O2/c1-6-4-5-12-14-10(6)8(11(15)16)9(13-14)7-2-3-7/h4-5,7H,2-3H2,1H3,(H,15,16). The Balaban J connectivity index is 2.38. The van der Waals surface area contributed by atoms with Crippen LogP contribution in [0.2, 0.25) is 0 Å². The van der Waals surface area contributed by atoms with Crippen LogP contribution in [0, 0.1) is 6.92 Å². The molecule has 2 aromatic rings. The Morgan fingerprint density at radius 1 is 1.56 bits per heavy atom. The number of hydrogen-bond acceptors (Lipinski definition) is 3. The van der Waals surface area contributed by atoms with Crippen molar-refractivity contribution in [3.05, 3.63) is 29.1 Å². The van der Waals surface area contributed by atoms with E-state index in [0.717, 1.165) is 18.4 Å². The molecule has 0 amide bonds. The highest BCUT2D eigenvalue weighted by Gasteiger charge is 2.33. The van der Waals surface area contributed by atoms with Crippen LogP contribution < -0.4 is 0 Å². The van der Waals surface area contributed by atoms with Gasteiger partial charge < -0.3 is 5.11 Å². The number of aryl methyl sites for hydroxylation is 1. The largest absolute Gasteiger partial charge is 0.478 e. The van der Waals surface area contributed by atoms with Gasteiger partial charge in [0.25, 0.3) is 0 Å². The van der Waals surface area contributed by atoms with Gasteiger partial charge in [-0.2, -0.15) is 14.8 Å². The van der Waals surface area contributed by atoms with Crippen molar-refractivity contribution < 1.29 is 9.90 Å². The molecule has 0 unspecified atom stereocenters. The normalized spacial score (nSPS) is 15.6. The smallest absolute Gasteiger partial charge is 0.339 e. The van der Waals surface area contributed by atoms with E-state index >= 15 is 0 Å². The van der Waals surface area contributed by atoms with E-state index < -0.39 is 5.97 Å². The predicted octanol–water partition coefficient (Wildman–Crippen LogP) is 1.61. The summed E-state index contributed by atoms with van der Waals surface area (Å²) in [7, 11) is 0. The molecule has 0 aliphatic heterocycles. The van der Waals surface area contributed by atoms with Gasteiger partial charge in [-0.15, -0.1) is 0 Å². The second-order valence-electron chi connectivity index (χ2n) is 4.19. The van der Waals surface area contributed by atoms with E-state index in [9.17, 15) is 9.90 Å². The summed E-state index contributed by atoms with van der Waals surface area (Å²) in [5.74, 6) is -0.597. The maximum atomic E-state index is 11.3. The summed E-state index contributed by atoms with van der Waals surface area (Å²) >= 11 is 0. The highest BCUT2D eigenvalue weighted by molar-refractivity contribution is 5.98. The monoisotopic (exact) mass is 217 g/mol. The quantitative estimate of drug-likeness (QED) is 0.829. The van der Waals surface area contributed by atoms with E-state index in [1.54, 1.807) is 12.3 Å². The molecule has 0 aromatic carbocycles. The minimum absolute atomic E-state index is 0.312. The van der Waals surface area contributed by atoms with Crippen molar-refractivity contribution in [2.45, 2.75) is 25.7 Å². The summed E-state index contributed by atoms with van der Waals surface area (Å²) in [5.41, 5.74) is 2.53. The number of aromatic carboxylic acids is 1. The molecule has 0 radical (unpaired) electrons. The first kappa shape index (κ1) is 9.33. The zero-order chi connectivity index (χ0) is 11.3. The Bertz CT molecular complexity index is 584. The average Bonchev–Trinajstić information content (AvgIpc) is 2.99. The summed E-state index contributed by atoms with van der Waals surface area (Å²) in [6.07, 6.45) is 3.70. The Morgan fingerprint density at radius 2 is 2.31 bits per heavy atom. The van der Waals surface area contributed by atoms with Crippen LogP contribution in [0.5, 0.6) is 0 Å². The second-order valence-corrected chi connectivity index (χ2v) is 4.19. The lowest BCUT2D eigenvalue weighted by Crippen LogP contribution is -2.00. The number of nitrogens with zero attached hydrogens (tertiary/aromatic N) is 3. The molecule has 82 valence electrons. The zero-order valence-electron chi connectivity index (χ0n) is 8.84. The molecular weight excluding hydrogens is 206 g/mol. The van der Waals surface area contributed by atoms with Crippen molar-refractivity contribution in [2.75, 3.05) is 0 Å². The van der Waals surface area contributed by atoms with Gasteiger partial charge in [-0.1, -0.05) is 0 Å². The van der Waals surface area contributed by atoms with E-state index in [-0.39, 0.29) is 0 Å². The Kier molecular flexibility index (Phi) is 1.77. The SMILES string of the molecule is Cc1ccnn2nc(C3CC3)c(C(=O)O)c12. The Hall–Kier alpha value is -1.91. The summed E-state index contributed by atoms with van der Waals surface area (Å²) in [5, 5.41) is 17.6. The third-order valence-electron chi connectivity index (χ3n) is 2.95. The van der Waals surface area contributed by atoms with Gasteiger partial charge in [-0.25, -0.2) is 4.79 Å². The fourth-order valence-corrected chi connectivity index (χ4v) is 2.00. The van der Waals surface area contributed by atoms with E-state index in [1.807, 2.05) is 6.92 Å². The van der Waals surface area contributed by atoms with Gasteiger partial charge in [-0.05, 0) is 31.4 Å². The molecule has 1 aliphatic rings. The third kappa shape index (κ3) is 1.21. The van der Waals surface area contributed by atoms with Crippen molar-refractivity contribution in [1.29, 1.82) is 0 Å². The van der Waals surface area contributed by atoms with Gasteiger partial charge in [0.15, 0.2) is 0 Å². The minimum Gasteiger partial charge on any atom is -0.478 e. The first-order valence-corrected chi connectivity index (χ1v) is 5.26. The van der Waals surface area contributed by atoms with Crippen LogP contribution in [0.3, 0.4) is 0 Å². The molecule has 1 N–H and O–H groups in total. The van der Waals surface area contributed by atoms with Crippen molar-refractivity contribution in [3.63, 3.8) is 0 Å². The van der Waals surface area contributed by atoms with Gasteiger partial charge in [0.1, 0.15) is 11.1 Å². The highest BCUT2D eigenvalue weighted by atomic mass is 16.4. The summed E-state index contributed by atoms with van der Waals surface area (Å²) in [6, 6.07) is 1.81. The van der Waals surface area contributed by atoms with Gasteiger partial charge in [-0.3, -0.25) is 0 Å². The van der Waals surface area contributed by atoms with E-state index in [2.05, 4.69) is 10.2 Å². The third-order valence-corrected chi connectivity index (χ3v) is 2.95. The van der Waals surface area contributed by atoms with E-state index in [0.29, 0.717) is 22.7 Å². The number of fused-ring (bicyclic) bond motifs is 1. The first-order chi connectivity index (χ1) is 7.68. The molecule has 16 heavy (non-hydrogen) atoms. The summed E-state index contributed by atoms with van der Waals surface area (Å²) in [6.45, 7) is 1.88. The van der Waals surface area contributed by atoms with Crippen molar-refractivity contribution >= 4 is 11.5 Å². The zero-order valence-corrected chi connectivity index (χ0v) is 8.84. The highest BCUT2D eigenvalue weighted by Crippen LogP contribution is 2.41. The van der Waals surface area contributed by atoms with Crippen LogP contribution >= 0.6 is 0 Å². The molecule has 3 rings (SSSR count). The molecule has 0 spiro atoms. The van der Waals surface area contributed by atoms with Gasteiger partial charge in [0.05, 0.1) is 5.69 Å². The fourth-order valence-electron chi connectivity index (χ4n) is 2.00. The topological polar surface area (TPSA) is 67.5 Å². The fraction of sp³-hybridized carbons (Fsp3) is 0.364. The molecule has 1 aliphatic carbocycles. The number of hydrogen-bond donors (Lipinski definition) is 1. The van der Waals surface area contributed by atoms with E-state index in [4.69, 9.17) is 0 Å². The molecular formula is C11H11N3O2. The number of carboxylic acid groups (broad SMARTS) is 1. The molecule has 2 heterocycles. The van der Waals surface area contributed by atoms with Crippen molar-refractivity contribution in [1.82, 2.24) is 14.8 Å². The Morgan fingerprint density at radius 3 is 2.94 bits per heavy atom. The Labute approximate surface area is 91.7 Å². The van der Waals surface area contributed by atoms with Crippen LogP contribution in [0.1, 0.15) is 40.4 Å². The second kappa shape index (κ2) is 3.04. The molecule has 0 bridgehead atoms. The molecule has 5 heteroatoms. The van der Waals surface area contributed by atoms with Crippen LogP contribution in [0.25, 0.3) is 5.52 Å². The molecule has 0 atom stereocenters. The molecule has 1 fully saturated rings. The number of carboxylic acids is 1. The lowest BCUT2D eigenvalue weighted by atomic mass is 10.1. The first-order valence-electron chi connectivity index (χ1n) is 5.26. The maximum Gasteiger partial charge on any atom is 0.339 e. The van der Waals surface area contributed by atoms with E-state index in [1.165, 1.54) is 4.63 Å². The predicted molar refractivity (Wildman–Crippen MR) is 56.7 cm³/mol. The van der Waals surface area contributed by atoms with Crippen LogP contribution in [0.15, 0.2) is 12.3 Å². The minimum atomic E-state index is -0.909. The van der Waals surface area contributed by atoms with Crippen molar-refractivity contribution in [2.24, 2.45) is 0 Å². The average molecular weight is 217 g/mol. The molecule has 2 aromatic heterocycles. The molecule has 0 saturated heterocycles. The van der Waals surface area contributed by atoms with Gasteiger partial charge in [0.2, 0.25) is 0 Å². The van der Waals surface area contributed by atoms with Crippen LogP contribution in [-0.4, -0.2) is 25.9 Å². The van der Waals surface area contributed by atoms with Gasteiger partial charge in [0, 0.05) is 12.1 Å². The van der Waals surface area contributed by atoms with Crippen molar-refractivity contribution in [3.8, 4) is 0 Å². The van der Waals surface area contributed by atoms with Gasteiger partial charge >= 0.3 is 5.97 Å². The van der Waals surface area contributed by atoms with Crippen LogP contribution in [0.4, 0.5) is 0 Å². The summed E-state index contributed by atoms with van der Waals surface area (Å²) < 4.78 is 1.44. The maximum absolute atomic E-state index is 11.3. The number of carbonyl (C=O) groups is 1. The number of aromatic nitrogens is 3.